The number of benzene rings is 3. The molecule has 2 heterocycles. The predicted octanol–water partition coefficient (Wildman–Crippen LogP) is 5.49. The van der Waals surface area contributed by atoms with Gasteiger partial charge in [0.25, 0.3) is 5.56 Å². The number of halogens is 1. The number of para-hydroxylation sites is 1. The van der Waals surface area contributed by atoms with E-state index >= 15 is 0 Å². The van der Waals surface area contributed by atoms with E-state index in [0.29, 0.717) is 56.1 Å². The molecule has 0 aliphatic heterocycles. The molecule has 5 aromatic rings. The van der Waals surface area contributed by atoms with Gasteiger partial charge >= 0.3 is 0 Å². The normalized spacial score (nSPS) is 11.1. The Bertz CT molecular complexity index is 1560. The largest absolute Gasteiger partial charge is 0.493 e. The Hall–Kier alpha value is -4.11. The van der Waals surface area contributed by atoms with Gasteiger partial charge in [-0.3, -0.25) is 9.36 Å². The Morgan fingerprint density at radius 3 is 2.51 bits per heavy atom. The van der Waals surface area contributed by atoms with Crippen LogP contribution in [0.4, 0.5) is 4.39 Å². The smallest absolute Gasteiger partial charge is 0.266 e. The van der Waals surface area contributed by atoms with Crippen LogP contribution in [0.15, 0.2) is 87.4 Å². The van der Waals surface area contributed by atoms with Crippen LogP contribution in [0.5, 0.6) is 11.5 Å². The Kier molecular flexibility index (Phi) is 6.24. The van der Waals surface area contributed by atoms with Gasteiger partial charge in [-0.1, -0.05) is 23.9 Å². The van der Waals surface area contributed by atoms with E-state index in [1.807, 2.05) is 18.2 Å². The van der Waals surface area contributed by atoms with Crippen molar-refractivity contribution in [1.29, 1.82) is 0 Å². The molecule has 0 fully saturated rings. The third-order valence-electron chi connectivity index (χ3n) is 5.36. The van der Waals surface area contributed by atoms with Crippen LogP contribution in [-0.2, 0) is 5.75 Å². The van der Waals surface area contributed by atoms with Crippen molar-refractivity contribution >= 4 is 22.7 Å². The summed E-state index contributed by atoms with van der Waals surface area (Å²) in [4.78, 5) is 22.8. The number of hydrogen-bond donors (Lipinski definition) is 0. The fourth-order valence-corrected chi connectivity index (χ4v) is 4.53. The molecule has 35 heavy (non-hydrogen) atoms. The van der Waals surface area contributed by atoms with E-state index in [-0.39, 0.29) is 11.4 Å². The zero-order valence-electron chi connectivity index (χ0n) is 18.9. The summed E-state index contributed by atoms with van der Waals surface area (Å²) < 4.78 is 31.1. The number of oxazole rings is 1. The van der Waals surface area contributed by atoms with Gasteiger partial charge < -0.3 is 13.9 Å². The fourth-order valence-electron chi connectivity index (χ4n) is 3.64. The highest BCUT2D eigenvalue weighted by atomic mass is 32.2. The average Bonchev–Trinajstić information content (AvgIpc) is 3.36. The first-order valence-electron chi connectivity index (χ1n) is 10.6. The van der Waals surface area contributed by atoms with E-state index in [9.17, 15) is 9.18 Å². The molecule has 0 amide bonds. The topological polar surface area (TPSA) is 79.4 Å². The number of methoxy groups -OCH3 is 2. The lowest BCUT2D eigenvalue weighted by Gasteiger charge is -2.15. The number of hydrogen-bond acceptors (Lipinski definition) is 7. The summed E-state index contributed by atoms with van der Waals surface area (Å²) in [7, 11) is 3.10. The number of rotatable bonds is 7. The lowest BCUT2D eigenvalue weighted by atomic mass is 10.2. The van der Waals surface area contributed by atoms with Gasteiger partial charge in [0.1, 0.15) is 12.1 Å². The van der Waals surface area contributed by atoms with Crippen LogP contribution in [0.25, 0.3) is 28.0 Å². The number of thioether (sulfide) groups is 1. The predicted molar refractivity (Wildman–Crippen MR) is 132 cm³/mol. The molecule has 0 unspecified atom stereocenters. The van der Waals surface area contributed by atoms with Crippen molar-refractivity contribution in [2.24, 2.45) is 0 Å². The van der Waals surface area contributed by atoms with Crippen LogP contribution >= 0.6 is 11.8 Å². The van der Waals surface area contributed by atoms with Crippen molar-refractivity contribution in [3.63, 3.8) is 0 Å². The number of aromatic nitrogens is 3. The van der Waals surface area contributed by atoms with Crippen molar-refractivity contribution in [1.82, 2.24) is 14.5 Å². The molecule has 0 saturated carbocycles. The van der Waals surface area contributed by atoms with Crippen LogP contribution in [-0.4, -0.2) is 28.8 Å². The van der Waals surface area contributed by atoms with Gasteiger partial charge in [-0.05, 0) is 48.5 Å². The van der Waals surface area contributed by atoms with Crippen molar-refractivity contribution in [2.45, 2.75) is 10.9 Å². The van der Waals surface area contributed by atoms with Gasteiger partial charge in [0.05, 0.1) is 36.5 Å². The van der Waals surface area contributed by atoms with E-state index < -0.39 is 0 Å². The van der Waals surface area contributed by atoms with E-state index in [1.54, 1.807) is 61.4 Å². The maximum absolute atomic E-state index is 13.5. The zero-order chi connectivity index (χ0) is 24.4. The van der Waals surface area contributed by atoms with Gasteiger partial charge in [-0.2, -0.15) is 0 Å². The van der Waals surface area contributed by atoms with Gasteiger partial charge in [0, 0.05) is 17.4 Å². The van der Waals surface area contributed by atoms with Crippen LogP contribution in [0, 0.1) is 5.82 Å². The maximum Gasteiger partial charge on any atom is 0.266 e. The van der Waals surface area contributed by atoms with Gasteiger partial charge in [-0.25, -0.2) is 14.4 Å². The summed E-state index contributed by atoms with van der Waals surface area (Å²) in [5, 5.41) is 0.999. The lowest BCUT2D eigenvalue weighted by molar-refractivity contribution is 0.354. The molecule has 0 spiro atoms. The Labute approximate surface area is 204 Å². The molecule has 0 aliphatic carbocycles. The molecule has 9 heteroatoms. The first kappa shape index (κ1) is 22.7. The minimum Gasteiger partial charge on any atom is -0.493 e. The third kappa shape index (κ3) is 4.50. The van der Waals surface area contributed by atoms with Crippen LogP contribution < -0.4 is 15.0 Å². The molecule has 7 nitrogen and oxygen atoms in total. The second kappa shape index (κ2) is 9.63. The van der Waals surface area contributed by atoms with Crippen molar-refractivity contribution in [3.8, 4) is 28.6 Å². The van der Waals surface area contributed by atoms with E-state index in [0.717, 1.165) is 0 Å². The maximum atomic E-state index is 13.5. The van der Waals surface area contributed by atoms with E-state index in [1.165, 1.54) is 23.9 Å². The first-order chi connectivity index (χ1) is 17.1. The molecule has 2 aromatic heterocycles. The highest BCUT2D eigenvalue weighted by molar-refractivity contribution is 7.98. The number of nitrogens with zero attached hydrogens (tertiary/aromatic N) is 3. The minimum absolute atomic E-state index is 0.197. The summed E-state index contributed by atoms with van der Waals surface area (Å²) in [6, 6.07) is 18.4. The first-order valence-corrected chi connectivity index (χ1v) is 11.6. The monoisotopic (exact) mass is 489 g/mol. The molecular weight excluding hydrogens is 469 g/mol. The Balaban J connectivity index is 1.53. The molecule has 176 valence electrons. The van der Waals surface area contributed by atoms with Crippen molar-refractivity contribution in [2.75, 3.05) is 14.2 Å². The van der Waals surface area contributed by atoms with E-state index in [4.69, 9.17) is 18.9 Å². The van der Waals surface area contributed by atoms with E-state index in [2.05, 4.69) is 4.98 Å². The SMILES string of the molecule is COc1ccc(-n2c(SCc3coc(-c4ccc(F)cc4)n3)nc3ccccc3c2=O)cc1OC. The lowest BCUT2D eigenvalue weighted by Crippen LogP contribution is -2.21. The number of ether oxygens (including phenoxy) is 2. The molecule has 0 aliphatic rings. The molecule has 0 bridgehead atoms. The second-order valence-electron chi connectivity index (χ2n) is 7.53. The summed E-state index contributed by atoms with van der Waals surface area (Å²) in [5.74, 6) is 1.53. The Morgan fingerprint density at radius 2 is 1.74 bits per heavy atom. The number of fused-ring (bicyclic) bond motifs is 1. The van der Waals surface area contributed by atoms with Crippen molar-refractivity contribution in [3.05, 3.63) is 94.9 Å². The summed E-state index contributed by atoms with van der Waals surface area (Å²) >= 11 is 1.36. The highest BCUT2D eigenvalue weighted by Gasteiger charge is 2.16. The summed E-state index contributed by atoms with van der Waals surface area (Å²) in [6.07, 6.45) is 1.55. The van der Waals surface area contributed by atoms with Gasteiger partial charge in [-0.15, -0.1) is 0 Å². The zero-order valence-corrected chi connectivity index (χ0v) is 19.7. The minimum atomic E-state index is -0.327. The quantitative estimate of drug-likeness (QED) is 0.221. The van der Waals surface area contributed by atoms with Crippen LogP contribution in [0.1, 0.15) is 5.69 Å². The van der Waals surface area contributed by atoms with Crippen LogP contribution in [0.2, 0.25) is 0 Å². The summed E-state index contributed by atoms with van der Waals surface area (Å²) in [5.41, 5.74) is 2.34. The molecule has 0 saturated heterocycles. The fraction of sp³-hybridized carbons (Fsp3) is 0.115. The van der Waals surface area contributed by atoms with Gasteiger partial charge in [0.2, 0.25) is 5.89 Å². The standard InChI is InChI=1S/C26H20FN3O4S/c1-32-22-12-11-19(13-23(22)33-2)30-25(31)20-5-3-4-6-21(20)29-26(30)35-15-18-14-34-24(28-18)16-7-9-17(27)10-8-16/h3-14H,15H2,1-2H3. The molecule has 0 atom stereocenters. The molecular formula is C26H20FN3O4S. The molecule has 5 rings (SSSR count). The van der Waals surface area contributed by atoms with Crippen LogP contribution in [0.3, 0.4) is 0 Å². The molecule has 3 aromatic carbocycles. The summed E-state index contributed by atoms with van der Waals surface area (Å²) in [6.45, 7) is 0. The van der Waals surface area contributed by atoms with Crippen molar-refractivity contribution < 1.29 is 18.3 Å². The highest BCUT2D eigenvalue weighted by Crippen LogP contribution is 2.31. The molecule has 0 radical (unpaired) electrons. The van der Waals surface area contributed by atoms with Gasteiger partial charge in [0.15, 0.2) is 16.7 Å². The molecule has 0 N–H and O–H groups in total. The third-order valence-corrected chi connectivity index (χ3v) is 6.33. The average molecular weight is 490 g/mol. The second-order valence-corrected chi connectivity index (χ2v) is 8.47. The Morgan fingerprint density at radius 1 is 0.971 bits per heavy atom.